The summed E-state index contributed by atoms with van der Waals surface area (Å²) >= 11 is 0. The molecule has 164 valence electrons. The van der Waals surface area contributed by atoms with Crippen LogP contribution in [0.5, 0.6) is 0 Å². The van der Waals surface area contributed by atoms with Gasteiger partial charge in [0.2, 0.25) is 0 Å². The van der Waals surface area contributed by atoms with Gasteiger partial charge in [-0.1, -0.05) is 0 Å². The molecule has 1 N–H and O–H groups in total. The normalized spacial score (nSPS) is 25.3. The monoisotopic (exact) mass is 398 g/mol. The van der Waals surface area contributed by atoms with Crippen LogP contribution in [0.25, 0.3) is 0 Å². The average molecular weight is 399 g/mol. The molecule has 2 rings (SSSR count). The van der Waals surface area contributed by atoms with E-state index in [0.29, 0.717) is 18.3 Å². The van der Waals surface area contributed by atoms with Crippen molar-refractivity contribution in [3.05, 3.63) is 0 Å². The minimum Gasteiger partial charge on any atom is -0.385 e. The lowest BCUT2D eigenvalue weighted by Gasteiger charge is -2.35. The van der Waals surface area contributed by atoms with Crippen LogP contribution in [0.15, 0.2) is 4.99 Å². The van der Waals surface area contributed by atoms with Crippen LogP contribution in [-0.4, -0.2) is 100 Å². The molecule has 2 saturated heterocycles. The SMILES string of the molecule is CCNC(=NCCCN1CC(C)OC(C)C1)N1CCC(OCCCOC)CC1. The maximum atomic E-state index is 5.97. The fraction of sp³-hybridized carbons (Fsp3) is 0.952. The molecule has 28 heavy (non-hydrogen) atoms. The number of rotatable bonds is 10. The molecule has 0 aromatic heterocycles. The number of hydrogen-bond acceptors (Lipinski definition) is 5. The molecule has 2 atom stereocenters. The van der Waals surface area contributed by atoms with E-state index in [0.717, 1.165) is 90.7 Å². The van der Waals surface area contributed by atoms with E-state index in [1.54, 1.807) is 7.11 Å². The van der Waals surface area contributed by atoms with Gasteiger partial charge in [-0.15, -0.1) is 0 Å². The highest BCUT2D eigenvalue weighted by Gasteiger charge is 2.23. The Hall–Kier alpha value is -0.890. The summed E-state index contributed by atoms with van der Waals surface area (Å²) in [5.74, 6) is 1.06. The lowest BCUT2D eigenvalue weighted by atomic mass is 10.1. The molecule has 0 bridgehead atoms. The van der Waals surface area contributed by atoms with Crippen LogP contribution in [0.1, 0.15) is 46.5 Å². The van der Waals surface area contributed by atoms with Gasteiger partial charge in [-0.2, -0.15) is 0 Å². The molecule has 0 aliphatic carbocycles. The third-order valence-corrected chi connectivity index (χ3v) is 5.31. The molecular weight excluding hydrogens is 356 g/mol. The topological polar surface area (TPSA) is 58.6 Å². The van der Waals surface area contributed by atoms with Gasteiger partial charge in [0.25, 0.3) is 0 Å². The first-order chi connectivity index (χ1) is 13.6. The number of nitrogens with zero attached hydrogens (tertiary/aromatic N) is 3. The van der Waals surface area contributed by atoms with Gasteiger partial charge in [-0.25, -0.2) is 0 Å². The van der Waals surface area contributed by atoms with Gasteiger partial charge in [0.05, 0.1) is 18.3 Å². The Morgan fingerprint density at radius 1 is 1.11 bits per heavy atom. The quantitative estimate of drug-likeness (QED) is 0.345. The van der Waals surface area contributed by atoms with Gasteiger partial charge in [0, 0.05) is 66.1 Å². The molecule has 0 aromatic carbocycles. The lowest BCUT2D eigenvalue weighted by molar-refractivity contribution is -0.0679. The third kappa shape index (κ3) is 8.64. The van der Waals surface area contributed by atoms with Crippen LogP contribution in [0.4, 0.5) is 0 Å². The maximum absolute atomic E-state index is 5.97. The van der Waals surface area contributed by atoms with Crippen LogP contribution in [0.3, 0.4) is 0 Å². The summed E-state index contributed by atoms with van der Waals surface area (Å²) in [7, 11) is 1.74. The number of nitrogens with one attached hydrogen (secondary N) is 1. The summed E-state index contributed by atoms with van der Waals surface area (Å²) in [4.78, 5) is 9.78. The first-order valence-electron chi connectivity index (χ1n) is 11.1. The minimum atomic E-state index is 0.336. The second-order valence-corrected chi connectivity index (χ2v) is 8.01. The van der Waals surface area contributed by atoms with Gasteiger partial charge in [0.15, 0.2) is 5.96 Å². The summed E-state index contributed by atoms with van der Waals surface area (Å²) in [6.45, 7) is 15.0. The van der Waals surface area contributed by atoms with Crippen molar-refractivity contribution >= 4 is 5.96 Å². The standard InChI is InChI=1S/C21H42N4O3/c1-5-22-21(23-10-6-11-24-16-18(2)28-19(3)17-24)25-12-8-20(9-13-25)27-15-7-14-26-4/h18-20H,5-17H2,1-4H3,(H,22,23). The van der Waals surface area contributed by atoms with Crippen molar-refractivity contribution in [3.63, 3.8) is 0 Å². The average Bonchev–Trinajstić information content (AvgIpc) is 2.67. The van der Waals surface area contributed by atoms with Crippen LogP contribution in [0, 0.1) is 0 Å². The molecule has 7 nitrogen and oxygen atoms in total. The summed E-state index contributed by atoms with van der Waals surface area (Å²) in [5.41, 5.74) is 0. The van der Waals surface area contributed by atoms with Gasteiger partial charge >= 0.3 is 0 Å². The first-order valence-corrected chi connectivity index (χ1v) is 11.1. The second-order valence-electron chi connectivity index (χ2n) is 8.01. The molecule has 0 radical (unpaired) electrons. The smallest absolute Gasteiger partial charge is 0.193 e. The molecule has 0 spiro atoms. The van der Waals surface area contributed by atoms with Crippen molar-refractivity contribution in [2.75, 3.05) is 66.1 Å². The largest absolute Gasteiger partial charge is 0.385 e. The van der Waals surface area contributed by atoms with E-state index in [-0.39, 0.29) is 0 Å². The highest BCUT2D eigenvalue weighted by atomic mass is 16.5. The van der Waals surface area contributed by atoms with Gasteiger partial charge < -0.3 is 24.4 Å². The summed E-state index contributed by atoms with van der Waals surface area (Å²) < 4.78 is 16.9. The van der Waals surface area contributed by atoms with Crippen LogP contribution in [0.2, 0.25) is 0 Å². The molecule has 2 aliphatic rings. The highest BCUT2D eigenvalue weighted by Crippen LogP contribution is 2.14. The number of likely N-dealkylation sites (tertiary alicyclic amines) is 1. The summed E-state index contributed by atoms with van der Waals surface area (Å²) in [6.07, 6.45) is 5.25. The van der Waals surface area contributed by atoms with Crippen LogP contribution in [-0.2, 0) is 14.2 Å². The number of methoxy groups -OCH3 is 1. The Labute approximate surface area is 171 Å². The number of aliphatic imine (C=N–C) groups is 1. The van der Waals surface area contributed by atoms with Crippen molar-refractivity contribution in [3.8, 4) is 0 Å². The van der Waals surface area contributed by atoms with Crippen molar-refractivity contribution in [1.82, 2.24) is 15.1 Å². The van der Waals surface area contributed by atoms with E-state index in [1.807, 2.05) is 0 Å². The number of guanidine groups is 1. The highest BCUT2D eigenvalue weighted by molar-refractivity contribution is 5.80. The number of ether oxygens (including phenoxy) is 3. The number of hydrogen-bond donors (Lipinski definition) is 1. The lowest BCUT2D eigenvalue weighted by Crippen LogP contribution is -2.47. The predicted octanol–water partition coefficient (Wildman–Crippen LogP) is 1.97. The minimum absolute atomic E-state index is 0.336. The van der Waals surface area contributed by atoms with Crippen LogP contribution < -0.4 is 5.32 Å². The van der Waals surface area contributed by atoms with Gasteiger partial charge in [-0.05, 0) is 46.5 Å². The zero-order valence-electron chi connectivity index (χ0n) is 18.5. The Morgan fingerprint density at radius 3 is 2.46 bits per heavy atom. The summed E-state index contributed by atoms with van der Waals surface area (Å²) in [5, 5.41) is 3.46. The molecule has 0 saturated carbocycles. The molecule has 2 fully saturated rings. The Kier molecular flexibility index (Phi) is 11.2. The van der Waals surface area contributed by atoms with E-state index in [2.05, 4.69) is 35.9 Å². The van der Waals surface area contributed by atoms with E-state index in [4.69, 9.17) is 19.2 Å². The van der Waals surface area contributed by atoms with Crippen molar-refractivity contribution in [2.45, 2.75) is 64.8 Å². The zero-order chi connectivity index (χ0) is 20.2. The van der Waals surface area contributed by atoms with E-state index in [9.17, 15) is 0 Å². The zero-order valence-corrected chi connectivity index (χ0v) is 18.5. The predicted molar refractivity (Wildman–Crippen MR) is 114 cm³/mol. The van der Waals surface area contributed by atoms with Crippen LogP contribution >= 0.6 is 0 Å². The molecule has 2 heterocycles. The third-order valence-electron chi connectivity index (χ3n) is 5.31. The summed E-state index contributed by atoms with van der Waals surface area (Å²) in [6, 6.07) is 0. The van der Waals surface area contributed by atoms with E-state index >= 15 is 0 Å². The van der Waals surface area contributed by atoms with E-state index < -0.39 is 0 Å². The van der Waals surface area contributed by atoms with Gasteiger partial charge in [-0.3, -0.25) is 9.89 Å². The second kappa shape index (κ2) is 13.4. The Balaban J connectivity index is 1.69. The molecular formula is C21H42N4O3. The molecule has 0 aromatic rings. The Bertz CT molecular complexity index is 431. The van der Waals surface area contributed by atoms with Crippen molar-refractivity contribution in [2.24, 2.45) is 4.99 Å². The van der Waals surface area contributed by atoms with Gasteiger partial charge in [0.1, 0.15) is 0 Å². The Morgan fingerprint density at radius 2 is 1.82 bits per heavy atom. The molecule has 2 unspecified atom stereocenters. The van der Waals surface area contributed by atoms with Crippen molar-refractivity contribution in [1.29, 1.82) is 0 Å². The number of morpholine rings is 1. The van der Waals surface area contributed by atoms with Crippen molar-refractivity contribution < 1.29 is 14.2 Å². The fourth-order valence-corrected chi connectivity index (χ4v) is 4.06. The molecule has 0 amide bonds. The number of piperidine rings is 1. The van der Waals surface area contributed by atoms with E-state index in [1.165, 1.54) is 0 Å². The maximum Gasteiger partial charge on any atom is 0.193 e. The first kappa shape index (κ1) is 23.4. The fourth-order valence-electron chi connectivity index (χ4n) is 4.06. The molecule has 7 heteroatoms. The molecule has 2 aliphatic heterocycles.